The minimum absolute atomic E-state index is 0.182. The largest absolute Gasteiger partial charge is 0.485 e. The van der Waals surface area contributed by atoms with Gasteiger partial charge in [0.2, 0.25) is 5.95 Å². The standard InChI is InChI=1S/C13H22N4O2/c1-2-3-6-15-12-11(8-16-13(14)17-12)19-9-10-5-4-7-18-10/h8,10H,2-7,9H2,1H3,(H3,14,15,16,17). The second-order valence-corrected chi connectivity index (χ2v) is 4.67. The Labute approximate surface area is 113 Å². The molecule has 6 nitrogen and oxygen atoms in total. The van der Waals surface area contributed by atoms with Gasteiger partial charge in [-0.1, -0.05) is 13.3 Å². The fourth-order valence-electron chi connectivity index (χ4n) is 1.96. The van der Waals surface area contributed by atoms with Gasteiger partial charge in [0.15, 0.2) is 11.6 Å². The third-order valence-electron chi connectivity index (χ3n) is 3.05. The molecule has 1 aliphatic heterocycles. The van der Waals surface area contributed by atoms with Gasteiger partial charge in [-0.25, -0.2) is 4.98 Å². The molecule has 0 saturated carbocycles. The Morgan fingerprint density at radius 3 is 3.21 bits per heavy atom. The van der Waals surface area contributed by atoms with Crippen LogP contribution < -0.4 is 15.8 Å². The molecular weight excluding hydrogens is 244 g/mol. The molecule has 2 rings (SSSR count). The lowest BCUT2D eigenvalue weighted by Crippen LogP contribution is -2.17. The van der Waals surface area contributed by atoms with Crippen LogP contribution in [0.1, 0.15) is 32.6 Å². The highest BCUT2D eigenvalue weighted by atomic mass is 16.5. The van der Waals surface area contributed by atoms with Gasteiger partial charge >= 0.3 is 0 Å². The SMILES string of the molecule is CCCCNc1nc(N)ncc1OCC1CCCO1. The number of hydrogen-bond donors (Lipinski definition) is 2. The van der Waals surface area contributed by atoms with Gasteiger partial charge in [-0.3, -0.25) is 0 Å². The third-order valence-corrected chi connectivity index (χ3v) is 3.05. The lowest BCUT2D eigenvalue weighted by Gasteiger charge is -2.14. The summed E-state index contributed by atoms with van der Waals surface area (Å²) in [5, 5.41) is 3.23. The van der Waals surface area contributed by atoms with Crippen LogP contribution in [-0.2, 0) is 4.74 Å². The topological polar surface area (TPSA) is 82.3 Å². The van der Waals surface area contributed by atoms with E-state index < -0.39 is 0 Å². The van der Waals surface area contributed by atoms with Crippen LogP contribution in [-0.4, -0.2) is 35.8 Å². The molecule has 3 N–H and O–H groups in total. The minimum Gasteiger partial charge on any atom is -0.485 e. The number of unbranched alkanes of at least 4 members (excludes halogenated alkanes) is 1. The normalized spacial score (nSPS) is 18.5. The first-order valence-corrected chi connectivity index (χ1v) is 6.90. The highest BCUT2D eigenvalue weighted by Gasteiger charge is 2.17. The summed E-state index contributed by atoms with van der Waals surface area (Å²) in [4.78, 5) is 8.15. The number of aromatic nitrogens is 2. The summed E-state index contributed by atoms with van der Waals surface area (Å²) in [5.74, 6) is 1.56. The van der Waals surface area contributed by atoms with Crippen molar-refractivity contribution in [3.63, 3.8) is 0 Å². The van der Waals surface area contributed by atoms with Crippen LogP contribution in [0, 0.1) is 0 Å². The molecular formula is C13H22N4O2. The van der Waals surface area contributed by atoms with Gasteiger partial charge in [0.25, 0.3) is 0 Å². The fourth-order valence-corrected chi connectivity index (χ4v) is 1.96. The van der Waals surface area contributed by atoms with E-state index in [2.05, 4.69) is 22.2 Å². The zero-order chi connectivity index (χ0) is 13.5. The molecule has 6 heteroatoms. The number of nitrogens with zero attached hydrogens (tertiary/aromatic N) is 2. The maximum Gasteiger partial charge on any atom is 0.222 e. The lowest BCUT2D eigenvalue weighted by atomic mass is 10.2. The fraction of sp³-hybridized carbons (Fsp3) is 0.692. The quantitative estimate of drug-likeness (QED) is 0.733. The number of anilines is 2. The molecule has 0 amide bonds. The van der Waals surface area contributed by atoms with Crippen LogP contribution in [0.25, 0.3) is 0 Å². The van der Waals surface area contributed by atoms with Gasteiger partial charge in [0.05, 0.1) is 12.3 Å². The average Bonchev–Trinajstić information content (AvgIpc) is 2.91. The lowest BCUT2D eigenvalue weighted by molar-refractivity contribution is 0.0680. The summed E-state index contributed by atoms with van der Waals surface area (Å²) in [6.45, 7) is 4.36. The van der Waals surface area contributed by atoms with Gasteiger partial charge < -0.3 is 20.5 Å². The monoisotopic (exact) mass is 266 g/mol. The molecule has 0 radical (unpaired) electrons. The van der Waals surface area contributed by atoms with E-state index in [9.17, 15) is 0 Å². The van der Waals surface area contributed by atoms with E-state index >= 15 is 0 Å². The maximum absolute atomic E-state index is 5.74. The highest BCUT2D eigenvalue weighted by molar-refractivity contribution is 5.51. The molecule has 1 aliphatic rings. The Hall–Kier alpha value is -1.56. The van der Waals surface area contributed by atoms with E-state index in [0.29, 0.717) is 18.2 Å². The molecule has 1 atom stereocenters. The zero-order valence-corrected chi connectivity index (χ0v) is 11.4. The number of nitrogens with two attached hydrogens (primary N) is 1. The first kappa shape index (κ1) is 13.9. The molecule has 0 bridgehead atoms. The van der Waals surface area contributed by atoms with E-state index in [0.717, 1.165) is 38.8 Å². The summed E-state index contributed by atoms with van der Waals surface area (Å²) < 4.78 is 11.3. The first-order valence-electron chi connectivity index (χ1n) is 6.90. The Morgan fingerprint density at radius 2 is 2.47 bits per heavy atom. The van der Waals surface area contributed by atoms with Crippen LogP contribution in [0.3, 0.4) is 0 Å². The van der Waals surface area contributed by atoms with Crippen molar-refractivity contribution in [2.75, 3.05) is 30.8 Å². The average molecular weight is 266 g/mol. The van der Waals surface area contributed by atoms with Gasteiger partial charge in [-0.05, 0) is 19.3 Å². The number of hydrogen-bond acceptors (Lipinski definition) is 6. The molecule has 1 aromatic rings. The van der Waals surface area contributed by atoms with E-state index in [1.54, 1.807) is 6.20 Å². The number of nitrogens with one attached hydrogen (secondary N) is 1. The van der Waals surface area contributed by atoms with Gasteiger partial charge in [0, 0.05) is 13.2 Å². The van der Waals surface area contributed by atoms with Crippen molar-refractivity contribution >= 4 is 11.8 Å². The Kier molecular flexibility index (Phi) is 5.20. The van der Waals surface area contributed by atoms with E-state index in [4.69, 9.17) is 15.2 Å². The third kappa shape index (κ3) is 4.24. The molecule has 106 valence electrons. The number of ether oxygens (including phenoxy) is 2. The number of nitrogen functional groups attached to an aromatic ring is 1. The molecule has 1 fully saturated rings. The van der Waals surface area contributed by atoms with Gasteiger partial charge in [-0.2, -0.15) is 4.98 Å². The molecule has 2 heterocycles. The Bertz CT molecular complexity index is 394. The van der Waals surface area contributed by atoms with Crippen LogP contribution in [0.5, 0.6) is 5.75 Å². The molecule has 0 aliphatic carbocycles. The van der Waals surface area contributed by atoms with Crippen molar-refractivity contribution < 1.29 is 9.47 Å². The molecule has 0 spiro atoms. The van der Waals surface area contributed by atoms with Crippen molar-refractivity contribution in [2.45, 2.75) is 38.7 Å². The highest BCUT2D eigenvalue weighted by Crippen LogP contribution is 2.23. The van der Waals surface area contributed by atoms with Crippen LogP contribution in [0.15, 0.2) is 6.20 Å². The van der Waals surface area contributed by atoms with Gasteiger partial charge in [0.1, 0.15) is 6.61 Å². The maximum atomic E-state index is 5.74. The van der Waals surface area contributed by atoms with Crippen LogP contribution >= 0.6 is 0 Å². The summed E-state index contributed by atoms with van der Waals surface area (Å²) in [7, 11) is 0. The summed E-state index contributed by atoms with van der Waals surface area (Å²) in [5.41, 5.74) is 5.61. The molecule has 19 heavy (non-hydrogen) atoms. The minimum atomic E-state index is 0.182. The second kappa shape index (κ2) is 7.13. The Morgan fingerprint density at radius 1 is 1.58 bits per heavy atom. The molecule has 1 saturated heterocycles. The van der Waals surface area contributed by atoms with Crippen LogP contribution in [0.4, 0.5) is 11.8 Å². The number of rotatable bonds is 7. The Balaban J connectivity index is 1.92. The van der Waals surface area contributed by atoms with Crippen molar-refractivity contribution in [2.24, 2.45) is 0 Å². The zero-order valence-electron chi connectivity index (χ0n) is 11.4. The van der Waals surface area contributed by atoms with Crippen molar-refractivity contribution in [3.8, 4) is 5.75 Å². The summed E-state index contributed by atoms with van der Waals surface area (Å²) >= 11 is 0. The van der Waals surface area contributed by atoms with Gasteiger partial charge in [-0.15, -0.1) is 0 Å². The molecule has 1 aromatic heterocycles. The predicted molar refractivity (Wildman–Crippen MR) is 74.3 cm³/mol. The van der Waals surface area contributed by atoms with Crippen LogP contribution in [0.2, 0.25) is 0 Å². The molecule has 1 unspecified atom stereocenters. The summed E-state index contributed by atoms with van der Waals surface area (Å²) in [6, 6.07) is 0. The summed E-state index contributed by atoms with van der Waals surface area (Å²) in [6.07, 6.45) is 6.16. The second-order valence-electron chi connectivity index (χ2n) is 4.67. The van der Waals surface area contributed by atoms with E-state index in [-0.39, 0.29) is 12.1 Å². The van der Waals surface area contributed by atoms with Crippen molar-refractivity contribution in [3.05, 3.63) is 6.20 Å². The smallest absolute Gasteiger partial charge is 0.222 e. The van der Waals surface area contributed by atoms with E-state index in [1.165, 1.54) is 0 Å². The first-order chi connectivity index (χ1) is 9.29. The predicted octanol–water partition coefficient (Wildman–Crippen LogP) is 1.83. The van der Waals surface area contributed by atoms with E-state index in [1.807, 2.05) is 0 Å². The van der Waals surface area contributed by atoms with Crippen molar-refractivity contribution in [1.82, 2.24) is 9.97 Å². The molecule has 0 aromatic carbocycles. The van der Waals surface area contributed by atoms with Crippen molar-refractivity contribution in [1.29, 1.82) is 0 Å².